The monoisotopic (exact) mass is 235 g/mol. The van der Waals surface area contributed by atoms with Gasteiger partial charge in [-0.2, -0.15) is 0 Å². The summed E-state index contributed by atoms with van der Waals surface area (Å²) in [7, 11) is 1.96. The highest BCUT2D eigenvalue weighted by molar-refractivity contribution is 5.97. The van der Waals surface area contributed by atoms with E-state index in [1.807, 2.05) is 11.9 Å². The zero-order valence-corrected chi connectivity index (χ0v) is 9.89. The lowest BCUT2D eigenvalue weighted by Gasteiger charge is -2.32. The third-order valence-electron chi connectivity index (χ3n) is 3.01. The molecule has 0 radical (unpaired) electrons. The number of aromatic nitrogens is 2. The molecule has 2 rings (SSSR count). The maximum atomic E-state index is 7.51. The van der Waals surface area contributed by atoms with Gasteiger partial charge in [-0.3, -0.25) is 5.41 Å². The van der Waals surface area contributed by atoms with Crippen LogP contribution in [-0.2, 0) is 4.74 Å². The van der Waals surface area contributed by atoms with Crippen LogP contribution in [-0.4, -0.2) is 42.1 Å². The highest BCUT2D eigenvalue weighted by Gasteiger charge is 2.22. The average Bonchev–Trinajstić information content (AvgIpc) is 2.39. The molecular formula is C11H17N5O. The van der Waals surface area contributed by atoms with E-state index in [1.54, 1.807) is 12.4 Å². The minimum atomic E-state index is -0.0491. The summed E-state index contributed by atoms with van der Waals surface area (Å²) in [6, 6.07) is 0.374. The fourth-order valence-electron chi connectivity index (χ4n) is 2.02. The molecule has 0 spiro atoms. The van der Waals surface area contributed by atoms with Gasteiger partial charge in [0, 0.05) is 38.7 Å². The average molecular weight is 235 g/mol. The largest absolute Gasteiger partial charge is 0.382 e. The third-order valence-corrected chi connectivity index (χ3v) is 3.01. The van der Waals surface area contributed by atoms with Crippen molar-refractivity contribution in [3.05, 3.63) is 18.1 Å². The van der Waals surface area contributed by atoms with Gasteiger partial charge in [0.1, 0.15) is 11.5 Å². The van der Waals surface area contributed by atoms with Crippen molar-refractivity contribution in [3.63, 3.8) is 0 Å². The number of ether oxygens (including phenoxy) is 1. The Balaban J connectivity index is 2.23. The number of hydrogen-bond donors (Lipinski definition) is 2. The summed E-state index contributed by atoms with van der Waals surface area (Å²) < 4.78 is 5.33. The molecule has 1 aromatic rings. The van der Waals surface area contributed by atoms with E-state index in [9.17, 15) is 0 Å². The first-order valence-electron chi connectivity index (χ1n) is 5.66. The van der Waals surface area contributed by atoms with E-state index in [0.29, 0.717) is 17.6 Å². The smallest absolute Gasteiger partial charge is 0.158 e. The van der Waals surface area contributed by atoms with Crippen molar-refractivity contribution in [1.29, 1.82) is 5.41 Å². The number of amidine groups is 1. The number of nitrogens with two attached hydrogens (primary N) is 1. The van der Waals surface area contributed by atoms with Crippen molar-refractivity contribution in [2.75, 3.05) is 25.2 Å². The van der Waals surface area contributed by atoms with Crippen molar-refractivity contribution in [1.82, 2.24) is 9.97 Å². The maximum absolute atomic E-state index is 7.51. The fourth-order valence-corrected chi connectivity index (χ4v) is 2.02. The Labute approximate surface area is 100 Å². The summed E-state index contributed by atoms with van der Waals surface area (Å²) in [6.45, 7) is 1.54. The van der Waals surface area contributed by atoms with Crippen molar-refractivity contribution < 1.29 is 4.74 Å². The normalized spacial score (nSPS) is 16.8. The summed E-state index contributed by atoms with van der Waals surface area (Å²) in [5, 5.41) is 7.51. The molecule has 6 heteroatoms. The number of nitrogens with one attached hydrogen (secondary N) is 1. The van der Waals surface area contributed by atoms with E-state index < -0.39 is 0 Å². The number of rotatable bonds is 3. The van der Waals surface area contributed by atoms with Gasteiger partial charge in [-0.15, -0.1) is 0 Å². The van der Waals surface area contributed by atoms with Crippen LogP contribution in [0.15, 0.2) is 12.4 Å². The standard InChI is InChI=1S/C11H17N5O/c1-16(8-2-6-17-7-3-8)11-9(10(12)13)14-4-5-15-11/h4-5,8H,2-3,6-7H2,1H3,(H3,12,13). The van der Waals surface area contributed by atoms with Crippen molar-refractivity contribution in [2.24, 2.45) is 5.73 Å². The van der Waals surface area contributed by atoms with Gasteiger partial charge >= 0.3 is 0 Å². The lowest BCUT2D eigenvalue weighted by atomic mass is 10.1. The molecule has 1 aliphatic rings. The van der Waals surface area contributed by atoms with E-state index in [1.165, 1.54) is 0 Å². The predicted molar refractivity (Wildman–Crippen MR) is 65.3 cm³/mol. The Bertz CT molecular complexity index is 403. The number of nitrogens with zero attached hydrogens (tertiary/aromatic N) is 3. The number of nitrogen functional groups attached to an aromatic ring is 1. The summed E-state index contributed by atoms with van der Waals surface area (Å²) in [4.78, 5) is 10.4. The zero-order chi connectivity index (χ0) is 12.3. The van der Waals surface area contributed by atoms with Crippen LogP contribution in [0.4, 0.5) is 5.82 Å². The molecule has 1 fully saturated rings. The van der Waals surface area contributed by atoms with Crippen LogP contribution in [0, 0.1) is 5.41 Å². The highest BCUT2D eigenvalue weighted by Crippen LogP contribution is 2.21. The molecule has 92 valence electrons. The molecule has 0 bridgehead atoms. The second-order valence-corrected chi connectivity index (χ2v) is 4.10. The van der Waals surface area contributed by atoms with Gasteiger partial charge in [0.05, 0.1) is 0 Å². The second-order valence-electron chi connectivity index (χ2n) is 4.10. The van der Waals surface area contributed by atoms with Gasteiger partial charge in [0.2, 0.25) is 0 Å². The van der Waals surface area contributed by atoms with Gasteiger partial charge in [0.15, 0.2) is 5.82 Å². The molecule has 2 heterocycles. The van der Waals surface area contributed by atoms with Crippen LogP contribution in [0.3, 0.4) is 0 Å². The van der Waals surface area contributed by atoms with Gasteiger partial charge in [-0.05, 0) is 12.8 Å². The predicted octanol–water partition coefficient (Wildman–Crippen LogP) is 0.376. The highest BCUT2D eigenvalue weighted by atomic mass is 16.5. The molecule has 0 amide bonds. The van der Waals surface area contributed by atoms with E-state index in [-0.39, 0.29) is 5.84 Å². The zero-order valence-electron chi connectivity index (χ0n) is 9.89. The maximum Gasteiger partial charge on any atom is 0.158 e. The molecule has 0 atom stereocenters. The van der Waals surface area contributed by atoms with E-state index >= 15 is 0 Å². The Kier molecular flexibility index (Phi) is 3.53. The molecule has 6 nitrogen and oxygen atoms in total. The Morgan fingerprint density at radius 1 is 1.41 bits per heavy atom. The Hall–Kier alpha value is -1.69. The van der Waals surface area contributed by atoms with Gasteiger partial charge in [-0.1, -0.05) is 0 Å². The minimum absolute atomic E-state index is 0.0491. The summed E-state index contributed by atoms with van der Waals surface area (Å²) in [6.07, 6.45) is 5.10. The van der Waals surface area contributed by atoms with Crippen molar-refractivity contribution in [3.8, 4) is 0 Å². The first kappa shape index (κ1) is 11.8. The quantitative estimate of drug-likeness (QED) is 0.584. The van der Waals surface area contributed by atoms with Crippen molar-refractivity contribution in [2.45, 2.75) is 18.9 Å². The third kappa shape index (κ3) is 2.52. The molecular weight excluding hydrogens is 218 g/mol. The lowest BCUT2D eigenvalue weighted by Crippen LogP contribution is -2.38. The number of anilines is 1. The molecule has 0 aliphatic carbocycles. The van der Waals surface area contributed by atoms with E-state index in [2.05, 4.69) is 9.97 Å². The first-order chi connectivity index (χ1) is 8.20. The van der Waals surface area contributed by atoms with Crippen LogP contribution >= 0.6 is 0 Å². The van der Waals surface area contributed by atoms with Crippen LogP contribution < -0.4 is 10.6 Å². The first-order valence-corrected chi connectivity index (χ1v) is 5.66. The fraction of sp³-hybridized carbons (Fsp3) is 0.545. The minimum Gasteiger partial charge on any atom is -0.382 e. The lowest BCUT2D eigenvalue weighted by molar-refractivity contribution is 0.0853. The molecule has 1 aromatic heterocycles. The summed E-state index contributed by atoms with van der Waals surface area (Å²) in [5.74, 6) is 0.624. The van der Waals surface area contributed by atoms with Gasteiger partial charge < -0.3 is 15.4 Å². The Morgan fingerprint density at radius 2 is 2.06 bits per heavy atom. The summed E-state index contributed by atoms with van der Waals surface area (Å²) in [5.41, 5.74) is 5.96. The molecule has 0 aromatic carbocycles. The summed E-state index contributed by atoms with van der Waals surface area (Å²) >= 11 is 0. The second kappa shape index (κ2) is 5.09. The van der Waals surface area contributed by atoms with Crippen LogP contribution in [0.25, 0.3) is 0 Å². The molecule has 0 saturated carbocycles. The van der Waals surface area contributed by atoms with Crippen LogP contribution in [0.1, 0.15) is 18.5 Å². The molecule has 17 heavy (non-hydrogen) atoms. The van der Waals surface area contributed by atoms with Gasteiger partial charge in [-0.25, -0.2) is 9.97 Å². The number of hydrogen-bond acceptors (Lipinski definition) is 5. The van der Waals surface area contributed by atoms with Gasteiger partial charge in [0.25, 0.3) is 0 Å². The molecule has 1 saturated heterocycles. The van der Waals surface area contributed by atoms with Crippen molar-refractivity contribution >= 4 is 11.7 Å². The molecule has 0 unspecified atom stereocenters. The van der Waals surface area contributed by atoms with E-state index in [0.717, 1.165) is 26.1 Å². The van der Waals surface area contributed by atoms with Crippen LogP contribution in [0.5, 0.6) is 0 Å². The van der Waals surface area contributed by atoms with E-state index in [4.69, 9.17) is 15.9 Å². The van der Waals surface area contributed by atoms with Crippen LogP contribution in [0.2, 0.25) is 0 Å². The molecule has 3 N–H and O–H groups in total. The topological polar surface area (TPSA) is 88.1 Å². The molecule has 1 aliphatic heterocycles. The SMILES string of the molecule is CN(c1nccnc1C(=N)N)C1CCOCC1. The Morgan fingerprint density at radius 3 is 2.71 bits per heavy atom.